The summed E-state index contributed by atoms with van der Waals surface area (Å²) in [5, 5.41) is 0. The van der Waals surface area contributed by atoms with Gasteiger partial charge >= 0.3 is 0 Å². The molecule has 0 aromatic carbocycles. The molecule has 0 saturated heterocycles. The van der Waals surface area contributed by atoms with E-state index in [1.165, 1.54) is 31.3 Å². The number of isocyanates is 3. The third-order valence-electron chi connectivity index (χ3n) is 2.35. The molecule has 0 bridgehead atoms. The molecule has 6 nitrogen and oxygen atoms in total. The van der Waals surface area contributed by atoms with Crippen LogP contribution in [0.25, 0.3) is 0 Å². The predicted molar refractivity (Wildman–Crippen MR) is 64.4 cm³/mol. The summed E-state index contributed by atoms with van der Waals surface area (Å²) in [6.07, 6.45) is 8.20. The number of carbonyl (C=O) groups excluding carboxylic acids is 3. The van der Waals surface area contributed by atoms with E-state index < -0.39 is 0 Å². The van der Waals surface area contributed by atoms with Crippen LogP contribution in [0.1, 0.15) is 32.1 Å². The lowest BCUT2D eigenvalue weighted by atomic mass is 9.97. The monoisotopic (exact) mass is 249 g/mol. The largest absolute Gasteiger partial charge is 0.235 e. The first-order valence-electron chi connectivity index (χ1n) is 5.66. The maximum absolute atomic E-state index is 10.1. The van der Waals surface area contributed by atoms with Crippen molar-refractivity contribution in [1.29, 1.82) is 0 Å². The Hall–Kier alpha value is -1.86. The first kappa shape index (κ1) is 16.1. The van der Waals surface area contributed by atoms with E-state index in [9.17, 15) is 14.4 Å². The van der Waals surface area contributed by atoms with E-state index in [0.29, 0.717) is 19.4 Å². The molecule has 0 amide bonds. The number of rotatable bonds is 11. The van der Waals surface area contributed by atoms with Crippen LogP contribution >= 0.6 is 0 Å². The van der Waals surface area contributed by atoms with Gasteiger partial charge in [0.2, 0.25) is 18.2 Å². The fraction of sp³-hybridized carbons (Fsp3) is 0.583. The van der Waals surface area contributed by atoms with Gasteiger partial charge < -0.3 is 0 Å². The molecule has 0 saturated carbocycles. The van der Waals surface area contributed by atoms with Crippen molar-refractivity contribution in [1.82, 2.24) is 0 Å². The summed E-state index contributed by atoms with van der Waals surface area (Å²) in [7, 11) is 0. The van der Waals surface area contributed by atoms with Crippen LogP contribution in [0.5, 0.6) is 0 Å². The van der Waals surface area contributed by atoms with Gasteiger partial charge in [0.1, 0.15) is 0 Å². The average Bonchev–Trinajstić information content (AvgIpc) is 2.39. The minimum atomic E-state index is 0.234. The van der Waals surface area contributed by atoms with Crippen molar-refractivity contribution in [2.75, 3.05) is 6.54 Å². The summed E-state index contributed by atoms with van der Waals surface area (Å²) in [6, 6.07) is 0. The van der Waals surface area contributed by atoms with Crippen molar-refractivity contribution in [2.24, 2.45) is 20.9 Å². The quantitative estimate of drug-likeness (QED) is 0.318. The molecule has 6 heteroatoms. The van der Waals surface area contributed by atoms with Crippen molar-refractivity contribution >= 4 is 18.2 Å². The molecule has 0 aromatic rings. The zero-order valence-electron chi connectivity index (χ0n) is 10.0. The summed E-state index contributed by atoms with van der Waals surface area (Å²) < 4.78 is 0. The third kappa shape index (κ3) is 10.7. The van der Waals surface area contributed by atoms with E-state index in [0.717, 1.165) is 19.3 Å². The van der Waals surface area contributed by atoms with Crippen LogP contribution in [0.15, 0.2) is 15.0 Å². The average molecular weight is 249 g/mol. The summed E-state index contributed by atoms with van der Waals surface area (Å²) in [5.74, 6) is 0.234. The Kier molecular flexibility index (Phi) is 11.8. The topological polar surface area (TPSA) is 88.3 Å². The lowest BCUT2D eigenvalue weighted by Gasteiger charge is -2.12. The highest BCUT2D eigenvalue weighted by Crippen LogP contribution is 2.17. The van der Waals surface area contributed by atoms with Crippen LogP contribution < -0.4 is 0 Å². The summed E-state index contributed by atoms with van der Waals surface area (Å²) in [4.78, 5) is 40.0. The van der Waals surface area contributed by atoms with Crippen molar-refractivity contribution in [2.45, 2.75) is 32.1 Å². The Labute approximate surface area is 106 Å². The maximum atomic E-state index is 10.1. The second-order valence-electron chi connectivity index (χ2n) is 3.61. The van der Waals surface area contributed by atoms with Crippen LogP contribution in [0.2, 0.25) is 0 Å². The fourth-order valence-corrected chi connectivity index (χ4v) is 1.50. The van der Waals surface area contributed by atoms with Gasteiger partial charge in [-0.2, -0.15) is 0 Å². The highest BCUT2D eigenvalue weighted by molar-refractivity contribution is 5.34. The zero-order valence-corrected chi connectivity index (χ0v) is 10.0. The molecule has 0 aliphatic carbocycles. The van der Waals surface area contributed by atoms with Crippen molar-refractivity contribution in [3.05, 3.63) is 13.1 Å². The number of nitrogens with zero attached hydrogens (tertiary/aromatic N) is 3. The molecule has 2 radical (unpaired) electrons. The van der Waals surface area contributed by atoms with Crippen LogP contribution in [-0.2, 0) is 14.4 Å². The molecule has 0 aliphatic rings. The predicted octanol–water partition coefficient (Wildman–Crippen LogP) is 1.88. The Bertz CT molecular complexity index is 352. The highest BCUT2D eigenvalue weighted by atomic mass is 16.1. The van der Waals surface area contributed by atoms with Gasteiger partial charge in [-0.25, -0.2) is 29.4 Å². The highest BCUT2D eigenvalue weighted by Gasteiger charge is 2.07. The summed E-state index contributed by atoms with van der Waals surface area (Å²) >= 11 is 0. The SMILES string of the molecule is O=C=N[CH]CCCC(CC[CH]N=C=O)CN=C=O. The Balaban J connectivity index is 3.85. The van der Waals surface area contributed by atoms with E-state index in [4.69, 9.17) is 0 Å². The van der Waals surface area contributed by atoms with Gasteiger partial charge in [0.05, 0.1) is 19.6 Å². The molecule has 0 aromatic heterocycles. The van der Waals surface area contributed by atoms with Gasteiger partial charge in [-0.05, 0) is 31.6 Å². The Morgan fingerprint density at radius 2 is 1.56 bits per heavy atom. The van der Waals surface area contributed by atoms with E-state index in [1.807, 2.05) is 0 Å². The second-order valence-corrected chi connectivity index (χ2v) is 3.61. The van der Waals surface area contributed by atoms with Crippen LogP contribution in [0.3, 0.4) is 0 Å². The smallest absolute Gasteiger partial charge is 0.211 e. The van der Waals surface area contributed by atoms with Crippen molar-refractivity contribution in [3.63, 3.8) is 0 Å². The van der Waals surface area contributed by atoms with E-state index in [-0.39, 0.29) is 5.92 Å². The Morgan fingerprint density at radius 3 is 2.17 bits per heavy atom. The van der Waals surface area contributed by atoms with Crippen LogP contribution in [-0.4, -0.2) is 24.8 Å². The van der Waals surface area contributed by atoms with E-state index in [1.54, 1.807) is 0 Å². The molecular weight excluding hydrogens is 234 g/mol. The van der Waals surface area contributed by atoms with Crippen LogP contribution in [0.4, 0.5) is 0 Å². The van der Waals surface area contributed by atoms with Gasteiger partial charge in [-0.1, -0.05) is 6.42 Å². The molecule has 0 rings (SSSR count). The minimum Gasteiger partial charge on any atom is -0.211 e. The van der Waals surface area contributed by atoms with Gasteiger partial charge in [0.15, 0.2) is 0 Å². The molecule has 0 aliphatic heterocycles. The molecule has 0 spiro atoms. The fourth-order valence-electron chi connectivity index (χ4n) is 1.50. The van der Waals surface area contributed by atoms with Crippen LogP contribution in [0, 0.1) is 19.0 Å². The molecule has 0 fully saturated rings. The number of hydrogen-bond donors (Lipinski definition) is 0. The lowest BCUT2D eigenvalue weighted by molar-refractivity contribution is 0.442. The second kappa shape index (κ2) is 13.2. The van der Waals surface area contributed by atoms with Gasteiger partial charge in [0, 0.05) is 0 Å². The first-order chi connectivity index (χ1) is 8.85. The third-order valence-corrected chi connectivity index (χ3v) is 2.35. The molecule has 1 atom stereocenters. The van der Waals surface area contributed by atoms with E-state index in [2.05, 4.69) is 15.0 Å². The van der Waals surface area contributed by atoms with Crippen molar-refractivity contribution < 1.29 is 14.4 Å². The minimum absolute atomic E-state index is 0.234. The normalized spacial score (nSPS) is 10.7. The van der Waals surface area contributed by atoms with E-state index >= 15 is 0 Å². The van der Waals surface area contributed by atoms with Gasteiger partial charge in [-0.3, -0.25) is 0 Å². The molecule has 96 valence electrons. The van der Waals surface area contributed by atoms with Gasteiger partial charge in [-0.15, -0.1) is 0 Å². The van der Waals surface area contributed by atoms with Gasteiger partial charge in [0.25, 0.3) is 0 Å². The molecule has 18 heavy (non-hydrogen) atoms. The number of aliphatic imine (C=N–C) groups is 3. The molecule has 0 heterocycles. The maximum Gasteiger partial charge on any atom is 0.235 e. The summed E-state index contributed by atoms with van der Waals surface area (Å²) in [5.41, 5.74) is 0. The Morgan fingerprint density at radius 1 is 0.889 bits per heavy atom. The summed E-state index contributed by atoms with van der Waals surface area (Å²) in [6.45, 7) is 3.42. The molecule has 1 unspecified atom stereocenters. The number of unbranched alkanes of at least 4 members (excludes halogenated alkanes) is 1. The molecule has 0 N–H and O–H groups in total. The zero-order chi connectivity index (χ0) is 13.5. The first-order valence-corrected chi connectivity index (χ1v) is 5.66. The number of hydrogen-bond acceptors (Lipinski definition) is 6. The molecular formula is C12H15N3O3. The lowest BCUT2D eigenvalue weighted by Crippen LogP contribution is -2.05. The van der Waals surface area contributed by atoms with Crippen molar-refractivity contribution in [3.8, 4) is 0 Å². The standard InChI is InChI=1S/C12H15N3O3/c16-9-13-6-2-1-4-12(8-15-11-18)5-3-7-14-10-17/h6-7,12H,1-5,8H2.